The van der Waals surface area contributed by atoms with Crippen molar-refractivity contribution in [1.29, 1.82) is 0 Å². The Balaban J connectivity index is 2.24. The lowest BCUT2D eigenvalue weighted by atomic mass is 10.1. The number of hydrogen-bond donors (Lipinski definition) is 2. The molecule has 9 heteroatoms. The van der Waals surface area contributed by atoms with Gasteiger partial charge in [0.05, 0.1) is 19.3 Å². The lowest BCUT2D eigenvalue weighted by molar-refractivity contribution is 0.0526. The van der Waals surface area contributed by atoms with Crippen LogP contribution in [0, 0.1) is 0 Å². The fourth-order valence-electron chi connectivity index (χ4n) is 2.14. The van der Waals surface area contributed by atoms with Crippen LogP contribution in [0.5, 0.6) is 5.75 Å². The maximum atomic E-state index is 12.1. The Kier molecular flexibility index (Phi) is 5.94. The normalized spacial score (nSPS) is 10.2. The van der Waals surface area contributed by atoms with Crippen molar-refractivity contribution in [1.82, 2.24) is 14.9 Å². The van der Waals surface area contributed by atoms with Crippen molar-refractivity contribution in [2.24, 2.45) is 0 Å². The molecule has 0 unspecified atom stereocenters. The number of aromatic nitrogens is 2. The van der Waals surface area contributed by atoms with Gasteiger partial charge in [0, 0.05) is 32.0 Å². The second kappa shape index (κ2) is 8.15. The van der Waals surface area contributed by atoms with E-state index < -0.39 is 5.97 Å². The van der Waals surface area contributed by atoms with Gasteiger partial charge >= 0.3 is 5.97 Å². The van der Waals surface area contributed by atoms with Gasteiger partial charge in [0.2, 0.25) is 5.95 Å². The highest BCUT2D eigenvalue weighted by Crippen LogP contribution is 2.26. The Morgan fingerprint density at radius 2 is 2.00 bits per heavy atom. The van der Waals surface area contributed by atoms with Gasteiger partial charge in [-0.15, -0.1) is 0 Å². The molecule has 3 N–H and O–H groups in total. The number of carbonyl (C=O) groups excluding carboxylic acids is 2. The summed E-state index contributed by atoms with van der Waals surface area (Å²) < 4.78 is 10.2. The first-order valence-electron chi connectivity index (χ1n) is 7.83. The maximum absolute atomic E-state index is 12.1. The van der Waals surface area contributed by atoms with Gasteiger partial charge in [0.1, 0.15) is 17.1 Å². The summed E-state index contributed by atoms with van der Waals surface area (Å²) in [5, 5.41) is 2.95. The largest absolute Gasteiger partial charge is 0.496 e. The molecule has 26 heavy (non-hydrogen) atoms. The minimum atomic E-state index is -0.579. The average Bonchev–Trinajstić information content (AvgIpc) is 2.61. The Hall–Kier alpha value is -3.36. The minimum absolute atomic E-state index is 0.00678. The standard InChI is InChI=1S/C17H21N5O4/c1-5-26-16(24)12-9-19-17(21-14(12)18)20-10-6-7-11(13(8-10)25-4)15(23)22(2)3/h6-9H,5H2,1-4H3,(H3,18,19,20,21). The van der Waals surface area contributed by atoms with Gasteiger partial charge in [-0.25, -0.2) is 9.78 Å². The summed E-state index contributed by atoms with van der Waals surface area (Å²) >= 11 is 0. The summed E-state index contributed by atoms with van der Waals surface area (Å²) in [7, 11) is 4.81. The van der Waals surface area contributed by atoms with E-state index in [0.717, 1.165) is 0 Å². The summed E-state index contributed by atoms with van der Waals surface area (Å²) in [4.78, 5) is 33.4. The highest BCUT2D eigenvalue weighted by Gasteiger charge is 2.16. The number of carbonyl (C=O) groups is 2. The molecule has 0 saturated carbocycles. The molecule has 138 valence electrons. The lowest BCUT2D eigenvalue weighted by Gasteiger charge is -2.15. The predicted molar refractivity (Wildman–Crippen MR) is 96.7 cm³/mol. The Morgan fingerprint density at radius 1 is 1.27 bits per heavy atom. The van der Waals surface area contributed by atoms with Crippen LogP contribution < -0.4 is 15.8 Å². The van der Waals surface area contributed by atoms with Gasteiger partial charge < -0.3 is 25.4 Å². The van der Waals surface area contributed by atoms with E-state index in [1.54, 1.807) is 39.2 Å². The van der Waals surface area contributed by atoms with E-state index in [0.29, 0.717) is 17.0 Å². The van der Waals surface area contributed by atoms with E-state index in [9.17, 15) is 9.59 Å². The van der Waals surface area contributed by atoms with Crippen molar-refractivity contribution in [3.8, 4) is 5.75 Å². The number of anilines is 3. The van der Waals surface area contributed by atoms with E-state index in [1.807, 2.05) is 0 Å². The quantitative estimate of drug-likeness (QED) is 0.748. The molecule has 2 rings (SSSR count). The zero-order chi connectivity index (χ0) is 19.3. The number of nitrogens with two attached hydrogens (primary N) is 1. The fraction of sp³-hybridized carbons (Fsp3) is 0.294. The third-order valence-corrected chi connectivity index (χ3v) is 3.41. The molecule has 0 spiro atoms. The number of ether oxygens (including phenoxy) is 2. The van der Waals surface area contributed by atoms with E-state index in [-0.39, 0.29) is 29.8 Å². The van der Waals surface area contributed by atoms with Crippen LogP contribution in [0.2, 0.25) is 0 Å². The summed E-state index contributed by atoms with van der Waals surface area (Å²) in [5.41, 5.74) is 6.92. The van der Waals surface area contributed by atoms with Crippen LogP contribution in [0.3, 0.4) is 0 Å². The number of nitrogens with one attached hydrogen (secondary N) is 1. The van der Waals surface area contributed by atoms with Crippen LogP contribution in [-0.2, 0) is 4.74 Å². The van der Waals surface area contributed by atoms with Crippen molar-refractivity contribution in [3.63, 3.8) is 0 Å². The van der Waals surface area contributed by atoms with Crippen molar-refractivity contribution in [2.75, 3.05) is 38.9 Å². The number of nitrogens with zero attached hydrogens (tertiary/aromatic N) is 3. The zero-order valence-corrected chi connectivity index (χ0v) is 15.1. The highest BCUT2D eigenvalue weighted by atomic mass is 16.5. The van der Waals surface area contributed by atoms with Crippen LogP contribution in [-0.4, -0.2) is 54.6 Å². The molecule has 0 atom stereocenters. The Labute approximate surface area is 151 Å². The number of hydrogen-bond acceptors (Lipinski definition) is 8. The molecule has 0 bridgehead atoms. The first-order chi connectivity index (χ1) is 12.4. The molecule has 1 heterocycles. The van der Waals surface area contributed by atoms with Crippen molar-refractivity contribution in [2.45, 2.75) is 6.92 Å². The third-order valence-electron chi connectivity index (χ3n) is 3.41. The first-order valence-corrected chi connectivity index (χ1v) is 7.83. The van der Waals surface area contributed by atoms with E-state index in [4.69, 9.17) is 15.2 Å². The monoisotopic (exact) mass is 359 g/mol. The maximum Gasteiger partial charge on any atom is 0.343 e. The number of amides is 1. The third kappa shape index (κ3) is 4.18. The minimum Gasteiger partial charge on any atom is -0.496 e. The molecule has 9 nitrogen and oxygen atoms in total. The molecule has 0 radical (unpaired) electrons. The summed E-state index contributed by atoms with van der Waals surface area (Å²) in [6, 6.07) is 4.98. The molecule has 0 fully saturated rings. The smallest absolute Gasteiger partial charge is 0.343 e. The van der Waals surface area contributed by atoms with E-state index in [1.165, 1.54) is 18.2 Å². The van der Waals surface area contributed by atoms with Crippen molar-refractivity contribution < 1.29 is 19.1 Å². The number of methoxy groups -OCH3 is 1. The molecular formula is C17H21N5O4. The lowest BCUT2D eigenvalue weighted by Crippen LogP contribution is -2.22. The van der Waals surface area contributed by atoms with Crippen LogP contribution >= 0.6 is 0 Å². The fourth-order valence-corrected chi connectivity index (χ4v) is 2.14. The van der Waals surface area contributed by atoms with Crippen molar-refractivity contribution in [3.05, 3.63) is 35.5 Å². The first kappa shape index (κ1) is 19.0. The summed E-state index contributed by atoms with van der Waals surface area (Å²) in [6.07, 6.45) is 1.30. The van der Waals surface area contributed by atoms with Gasteiger partial charge in [0.15, 0.2) is 0 Å². The molecule has 2 aromatic rings. The molecule has 1 amide bonds. The highest BCUT2D eigenvalue weighted by molar-refractivity contribution is 5.97. The van der Waals surface area contributed by atoms with Crippen LogP contribution in [0.4, 0.5) is 17.5 Å². The van der Waals surface area contributed by atoms with Gasteiger partial charge in [-0.2, -0.15) is 4.98 Å². The van der Waals surface area contributed by atoms with Crippen LogP contribution in [0.1, 0.15) is 27.6 Å². The number of rotatable bonds is 6. The molecule has 0 aliphatic rings. The van der Waals surface area contributed by atoms with E-state index in [2.05, 4.69) is 15.3 Å². The molecule has 0 saturated heterocycles. The molecule has 0 aliphatic carbocycles. The van der Waals surface area contributed by atoms with Gasteiger partial charge in [-0.3, -0.25) is 4.79 Å². The van der Waals surface area contributed by atoms with Crippen molar-refractivity contribution >= 4 is 29.3 Å². The van der Waals surface area contributed by atoms with Crippen LogP contribution in [0.25, 0.3) is 0 Å². The number of esters is 1. The van der Waals surface area contributed by atoms with Gasteiger partial charge in [0.25, 0.3) is 5.91 Å². The molecule has 0 aliphatic heterocycles. The summed E-state index contributed by atoms with van der Waals surface area (Å²) in [6.45, 7) is 1.93. The molecular weight excluding hydrogens is 338 g/mol. The topological polar surface area (TPSA) is 120 Å². The number of nitrogen functional groups attached to an aromatic ring is 1. The number of benzene rings is 1. The molecule has 1 aromatic heterocycles. The SMILES string of the molecule is CCOC(=O)c1cnc(Nc2ccc(C(=O)N(C)C)c(OC)c2)nc1N. The summed E-state index contributed by atoms with van der Waals surface area (Å²) in [5.74, 6) is -0.140. The predicted octanol–water partition coefficient (Wildman–Crippen LogP) is 1.69. The van der Waals surface area contributed by atoms with E-state index >= 15 is 0 Å². The second-order valence-corrected chi connectivity index (χ2v) is 5.45. The second-order valence-electron chi connectivity index (χ2n) is 5.45. The average molecular weight is 359 g/mol. The molecule has 1 aromatic carbocycles. The van der Waals surface area contributed by atoms with Gasteiger partial charge in [-0.1, -0.05) is 0 Å². The van der Waals surface area contributed by atoms with Gasteiger partial charge in [-0.05, 0) is 19.1 Å². The Morgan fingerprint density at radius 3 is 2.58 bits per heavy atom. The van der Waals surface area contributed by atoms with Crippen LogP contribution in [0.15, 0.2) is 24.4 Å². The zero-order valence-electron chi connectivity index (χ0n) is 15.1. The Bertz CT molecular complexity index is 823.